The topological polar surface area (TPSA) is 42.2 Å². The molecule has 0 spiro atoms. The number of carboxylic acid groups (broad SMARTS) is 1. The predicted octanol–water partition coefficient (Wildman–Crippen LogP) is 3.95. The molecule has 0 bridgehead atoms. The number of aryl methyl sites for hydroxylation is 1. The van der Waals surface area contributed by atoms with Crippen molar-refractivity contribution in [3.05, 3.63) is 57.8 Å². The van der Waals surface area contributed by atoms with E-state index in [1.807, 2.05) is 44.2 Å². The van der Waals surface area contributed by atoms with Crippen LogP contribution in [-0.2, 0) is 4.79 Å². The summed E-state index contributed by atoms with van der Waals surface area (Å²) in [6, 6.07) is 10.0. The molecule has 1 aromatic heterocycles. The van der Waals surface area contributed by atoms with Crippen molar-refractivity contribution in [3.63, 3.8) is 0 Å². The molecule has 1 heterocycles. The Bertz CT molecular complexity index is 639. The number of aliphatic carboxylic acids is 1. The molecule has 0 amide bonds. The summed E-state index contributed by atoms with van der Waals surface area (Å²) in [5.74, 6) is -0.937. The summed E-state index contributed by atoms with van der Waals surface area (Å²) < 4.78 is 3.14. The lowest BCUT2D eigenvalue weighted by molar-refractivity contribution is -0.131. The van der Waals surface area contributed by atoms with Crippen LogP contribution in [0.1, 0.15) is 17.0 Å². The third-order valence-electron chi connectivity index (χ3n) is 2.96. The number of halogens is 1. The normalized spacial score (nSPS) is 11.1. The number of rotatable bonds is 3. The largest absolute Gasteiger partial charge is 0.478 e. The molecule has 0 unspecified atom stereocenters. The van der Waals surface area contributed by atoms with E-state index in [0.717, 1.165) is 33.2 Å². The van der Waals surface area contributed by atoms with Gasteiger partial charge in [0.05, 0.1) is 0 Å². The smallest absolute Gasteiger partial charge is 0.328 e. The molecule has 1 N–H and O–H groups in total. The SMILES string of the molecule is Cc1cc(/C=C/C(=O)O)c(C)n1-c1ccc(Br)cc1. The van der Waals surface area contributed by atoms with Gasteiger partial charge in [-0.25, -0.2) is 4.79 Å². The Morgan fingerprint density at radius 3 is 2.47 bits per heavy atom. The first-order valence-electron chi connectivity index (χ1n) is 5.85. The summed E-state index contributed by atoms with van der Waals surface area (Å²) in [6.45, 7) is 3.99. The molecule has 4 heteroatoms. The third-order valence-corrected chi connectivity index (χ3v) is 3.49. The number of carboxylic acids is 1. The zero-order valence-electron chi connectivity index (χ0n) is 10.7. The van der Waals surface area contributed by atoms with Crippen molar-refractivity contribution in [1.29, 1.82) is 0 Å². The molecule has 19 heavy (non-hydrogen) atoms. The molecule has 0 radical (unpaired) electrons. The molecule has 0 aliphatic carbocycles. The van der Waals surface area contributed by atoms with Crippen molar-refractivity contribution in [2.45, 2.75) is 13.8 Å². The van der Waals surface area contributed by atoms with Gasteiger partial charge in [0.25, 0.3) is 0 Å². The molecule has 0 atom stereocenters. The minimum Gasteiger partial charge on any atom is -0.478 e. The van der Waals surface area contributed by atoms with Gasteiger partial charge in [0.1, 0.15) is 0 Å². The number of benzene rings is 1. The predicted molar refractivity (Wildman–Crippen MR) is 79.6 cm³/mol. The van der Waals surface area contributed by atoms with Crippen LogP contribution in [0.2, 0.25) is 0 Å². The van der Waals surface area contributed by atoms with E-state index in [0.29, 0.717) is 0 Å². The van der Waals surface area contributed by atoms with Gasteiger partial charge in [-0.1, -0.05) is 15.9 Å². The van der Waals surface area contributed by atoms with Crippen molar-refractivity contribution in [2.24, 2.45) is 0 Å². The number of hydrogen-bond acceptors (Lipinski definition) is 1. The quantitative estimate of drug-likeness (QED) is 0.870. The Hall–Kier alpha value is -1.81. The highest BCUT2D eigenvalue weighted by molar-refractivity contribution is 9.10. The van der Waals surface area contributed by atoms with Gasteiger partial charge in [0.2, 0.25) is 0 Å². The second-order valence-corrected chi connectivity index (χ2v) is 5.23. The fourth-order valence-corrected chi connectivity index (χ4v) is 2.37. The van der Waals surface area contributed by atoms with Gasteiger partial charge < -0.3 is 9.67 Å². The first kappa shape index (κ1) is 13.6. The van der Waals surface area contributed by atoms with Crippen molar-refractivity contribution in [2.75, 3.05) is 0 Å². The second-order valence-electron chi connectivity index (χ2n) is 4.31. The van der Waals surface area contributed by atoms with Crippen molar-refractivity contribution in [1.82, 2.24) is 4.57 Å². The first-order chi connectivity index (χ1) is 8.99. The fourth-order valence-electron chi connectivity index (χ4n) is 2.10. The van der Waals surface area contributed by atoms with Crippen LogP contribution in [0.4, 0.5) is 0 Å². The maximum absolute atomic E-state index is 10.6. The maximum atomic E-state index is 10.6. The maximum Gasteiger partial charge on any atom is 0.328 e. The summed E-state index contributed by atoms with van der Waals surface area (Å²) in [5.41, 5.74) is 4.08. The highest BCUT2D eigenvalue weighted by atomic mass is 79.9. The molecular formula is C15H14BrNO2. The average molecular weight is 320 g/mol. The molecule has 2 aromatic rings. The summed E-state index contributed by atoms with van der Waals surface area (Å²) in [5, 5.41) is 8.69. The highest BCUT2D eigenvalue weighted by Crippen LogP contribution is 2.23. The molecule has 0 saturated heterocycles. The molecular weight excluding hydrogens is 306 g/mol. The van der Waals surface area contributed by atoms with E-state index in [9.17, 15) is 4.79 Å². The standard InChI is InChI=1S/C15H14BrNO2/c1-10-9-12(3-8-15(18)19)11(2)17(10)14-6-4-13(16)5-7-14/h3-9H,1-2H3,(H,18,19)/b8-3+. The summed E-state index contributed by atoms with van der Waals surface area (Å²) in [7, 11) is 0. The summed E-state index contributed by atoms with van der Waals surface area (Å²) in [4.78, 5) is 10.6. The van der Waals surface area contributed by atoms with E-state index in [-0.39, 0.29) is 0 Å². The van der Waals surface area contributed by atoms with Crippen LogP contribution >= 0.6 is 15.9 Å². The van der Waals surface area contributed by atoms with Crippen molar-refractivity contribution >= 4 is 28.0 Å². The zero-order chi connectivity index (χ0) is 14.0. The zero-order valence-corrected chi connectivity index (χ0v) is 12.3. The molecule has 2 rings (SSSR count). The lowest BCUT2D eigenvalue weighted by Gasteiger charge is -2.09. The fraction of sp³-hybridized carbons (Fsp3) is 0.133. The van der Waals surface area contributed by atoms with Gasteiger partial charge >= 0.3 is 5.97 Å². The van der Waals surface area contributed by atoms with Gasteiger partial charge in [-0.2, -0.15) is 0 Å². The van der Waals surface area contributed by atoms with E-state index in [4.69, 9.17) is 5.11 Å². The molecule has 0 saturated carbocycles. The lowest BCUT2D eigenvalue weighted by atomic mass is 10.2. The van der Waals surface area contributed by atoms with Crippen molar-refractivity contribution in [3.8, 4) is 5.69 Å². The van der Waals surface area contributed by atoms with Crippen LogP contribution in [0, 0.1) is 13.8 Å². The molecule has 3 nitrogen and oxygen atoms in total. The Labute approximate surface area is 120 Å². The van der Waals surface area contributed by atoms with Gasteiger partial charge in [-0.3, -0.25) is 0 Å². The Balaban J connectivity index is 2.47. The molecule has 0 aliphatic rings. The van der Waals surface area contributed by atoms with E-state index < -0.39 is 5.97 Å². The monoisotopic (exact) mass is 319 g/mol. The van der Waals surface area contributed by atoms with Gasteiger partial charge in [-0.05, 0) is 55.8 Å². The van der Waals surface area contributed by atoms with Crippen LogP contribution in [-0.4, -0.2) is 15.6 Å². The Morgan fingerprint density at radius 2 is 1.89 bits per heavy atom. The lowest BCUT2D eigenvalue weighted by Crippen LogP contribution is -1.98. The second kappa shape index (κ2) is 5.45. The summed E-state index contributed by atoms with van der Waals surface area (Å²) in [6.07, 6.45) is 2.79. The van der Waals surface area contributed by atoms with Gasteiger partial charge in [0, 0.05) is 27.6 Å². The molecule has 1 aromatic carbocycles. The Morgan fingerprint density at radius 1 is 1.26 bits per heavy atom. The van der Waals surface area contributed by atoms with Crippen LogP contribution in [0.15, 0.2) is 40.9 Å². The van der Waals surface area contributed by atoms with Gasteiger partial charge in [0.15, 0.2) is 0 Å². The minimum absolute atomic E-state index is 0.919. The van der Waals surface area contributed by atoms with E-state index in [1.54, 1.807) is 6.08 Å². The third kappa shape index (κ3) is 2.96. The molecule has 98 valence electrons. The summed E-state index contributed by atoms with van der Waals surface area (Å²) >= 11 is 3.42. The number of hydrogen-bond donors (Lipinski definition) is 1. The number of carbonyl (C=O) groups is 1. The van der Waals surface area contributed by atoms with E-state index in [1.165, 1.54) is 0 Å². The van der Waals surface area contributed by atoms with Crippen LogP contribution in [0.3, 0.4) is 0 Å². The Kier molecular flexibility index (Phi) is 3.90. The van der Waals surface area contributed by atoms with E-state index in [2.05, 4.69) is 20.5 Å². The van der Waals surface area contributed by atoms with Gasteiger partial charge in [-0.15, -0.1) is 0 Å². The van der Waals surface area contributed by atoms with Crippen molar-refractivity contribution < 1.29 is 9.90 Å². The first-order valence-corrected chi connectivity index (χ1v) is 6.64. The highest BCUT2D eigenvalue weighted by Gasteiger charge is 2.08. The average Bonchev–Trinajstić information content (AvgIpc) is 2.63. The number of nitrogens with zero attached hydrogens (tertiary/aromatic N) is 1. The number of aromatic nitrogens is 1. The molecule has 0 aliphatic heterocycles. The van der Waals surface area contributed by atoms with Crippen LogP contribution in [0.25, 0.3) is 11.8 Å². The van der Waals surface area contributed by atoms with Crippen LogP contribution < -0.4 is 0 Å². The van der Waals surface area contributed by atoms with Crippen LogP contribution in [0.5, 0.6) is 0 Å². The molecule has 0 fully saturated rings. The minimum atomic E-state index is -0.937. The van der Waals surface area contributed by atoms with E-state index >= 15 is 0 Å².